The van der Waals surface area contributed by atoms with Gasteiger partial charge in [-0.15, -0.1) is 0 Å². The molecule has 1 aliphatic carbocycles. The van der Waals surface area contributed by atoms with Gasteiger partial charge >= 0.3 is 0 Å². The van der Waals surface area contributed by atoms with E-state index in [-0.39, 0.29) is 5.41 Å². The molecule has 0 bridgehead atoms. The Kier molecular flexibility index (Phi) is 2.16. The molecule has 0 amide bonds. The molecule has 1 aromatic heterocycles. The molecule has 0 radical (unpaired) electrons. The quantitative estimate of drug-likeness (QED) is 0.706. The molecule has 0 aromatic carbocycles. The zero-order chi connectivity index (χ0) is 11.3. The molecule has 0 unspecified atom stereocenters. The highest BCUT2D eigenvalue weighted by Crippen LogP contribution is 2.36. The molecule has 2 nitrogen and oxygen atoms in total. The molecular weight excluding hydrogens is 186 g/mol. The predicted molar refractivity (Wildman–Crippen MR) is 60.8 cm³/mol. The Labute approximate surface area is 91.4 Å². The van der Waals surface area contributed by atoms with Crippen LogP contribution in [0.5, 0.6) is 0 Å². The van der Waals surface area contributed by atoms with Gasteiger partial charge < -0.3 is 5.11 Å². The average Bonchev–Trinajstić information content (AvgIpc) is 2.41. The molecule has 1 aliphatic rings. The molecule has 82 valence electrons. The zero-order valence-corrected chi connectivity index (χ0v) is 9.96. The molecule has 1 atom stereocenters. The van der Waals surface area contributed by atoms with Gasteiger partial charge in [0, 0.05) is 11.1 Å². The summed E-state index contributed by atoms with van der Waals surface area (Å²) >= 11 is 0. The van der Waals surface area contributed by atoms with Crippen LogP contribution in [0.4, 0.5) is 0 Å². The lowest BCUT2D eigenvalue weighted by Gasteiger charge is -2.22. The summed E-state index contributed by atoms with van der Waals surface area (Å²) in [7, 11) is 0. The van der Waals surface area contributed by atoms with Crippen molar-refractivity contribution in [1.82, 2.24) is 4.98 Å². The topological polar surface area (TPSA) is 33.1 Å². The first-order valence-corrected chi connectivity index (χ1v) is 5.54. The Morgan fingerprint density at radius 2 is 2.00 bits per heavy atom. The van der Waals surface area contributed by atoms with E-state index in [0.29, 0.717) is 0 Å². The fourth-order valence-electron chi connectivity index (χ4n) is 2.07. The Balaban J connectivity index is 2.51. The standard InChI is InChI=1S/C13H19NO/c1-12(2,3)10-6-5-9-7-8-13(4,15)11(9)14-10/h5-6,15H,7-8H2,1-4H3/t13-/m0/s1. The van der Waals surface area contributed by atoms with E-state index in [1.54, 1.807) is 0 Å². The van der Waals surface area contributed by atoms with Crippen LogP contribution in [0, 0.1) is 0 Å². The third-order valence-electron chi connectivity index (χ3n) is 3.14. The van der Waals surface area contributed by atoms with Crippen LogP contribution in [0.2, 0.25) is 0 Å². The normalized spacial score (nSPS) is 25.4. The third kappa shape index (κ3) is 1.78. The van der Waals surface area contributed by atoms with E-state index in [1.807, 2.05) is 6.92 Å². The van der Waals surface area contributed by atoms with E-state index in [1.165, 1.54) is 5.56 Å². The second kappa shape index (κ2) is 3.05. The number of hydrogen-bond acceptors (Lipinski definition) is 2. The fraction of sp³-hybridized carbons (Fsp3) is 0.615. The van der Waals surface area contributed by atoms with Gasteiger partial charge in [0.25, 0.3) is 0 Å². The average molecular weight is 205 g/mol. The first kappa shape index (κ1) is 10.6. The van der Waals surface area contributed by atoms with Crippen LogP contribution in [-0.4, -0.2) is 10.1 Å². The highest BCUT2D eigenvalue weighted by atomic mass is 16.3. The number of aryl methyl sites for hydroxylation is 1. The van der Waals surface area contributed by atoms with Gasteiger partial charge in [0.2, 0.25) is 0 Å². The van der Waals surface area contributed by atoms with Crippen LogP contribution in [0.25, 0.3) is 0 Å². The smallest absolute Gasteiger partial charge is 0.104 e. The number of nitrogens with zero attached hydrogens (tertiary/aromatic N) is 1. The minimum atomic E-state index is -0.726. The van der Waals surface area contributed by atoms with Crippen molar-refractivity contribution in [2.24, 2.45) is 0 Å². The lowest BCUT2D eigenvalue weighted by atomic mass is 9.90. The number of aromatic nitrogens is 1. The summed E-state index contributed by atoms with van der Waals surface area (Å²) in [5, 5.41) is 10.2. The van der Waals surface area contributed by atoms with E-state index in [4.69, 9.17) is 0 Å². The number of fused-ring (bicyclic) bond motifs is 1. The molecular formula is C13H19NO. The summed E-state index contributed by atoms with van der Waals surface area (Å²) in [6.07, 6.45) is 1.74. The van der Waals surface area contributed by atoms with Crippen LogP contribution < -0.4 is 0 Å². The van der Waals surface area contributed by atoms with Gasteiger partial charge in [-0.2, -0.15) is 0 Å². The van der Waals surface area contributed by atoms with Gasteiger partial charge in [0.1, 0.15) is 5.60 Å². The Bertz CT molecular complexity index is 388. The molecule has 15 heavy (non-hydrogen) atoms. The number of pyridine rings is 1. The molecule has 1 N–H and O–H groups in total. The van der Waals surface area contributed by atoms with Gasteiger partial charge in [-0.3, -0.25) is 4.98 Å². The Hall–Kier alpha value is -0.890. The van der Waals surface area contributed by atoms with Gasteiger partial charge in [0.05, 0.1) is 5.69 Å². The van der Waals surface area contributed by atoms with Crippen LogP contribution in [-0.2, 0) is 17.4 Å². The van der Waals surface area contributed by atoms with Crippen molar-refractivity contribution >= 4 is 0 Å². The SMILES string of the molecule is CC(C)(C)c1ccc2c(n1)[C@@](C)(O)CC2. The van der Waals surface area contributed by atoms with Gasteiger partial charge in [-0.25, -0.2) is 0 Å². The summed E-state index contributed by atoms with van der Waals surface area (Å²) in [5.41, 5.74) is 2.47. The van der Waals surface area contributed by atoms with E-state index in [0.717, 1.165) is 24.2 Å². The van der Waals surface area contributed by atoms with Crippen LogP contribution in [0.1, 0.15) is 51.1 Å². The number of aliphatic hydroxyl groups is 1. The molecule has 1 heterocycles. The van der Waals surface area contributed by atoms with Crippen molar-refractivity contribution in [3.05, 3.63) is 29.1 Å². The van der Waals surface area contributed by atoms with E-state index in [9.17, 15) is 5.11 Å². The van der Waals surface area contributed by atoms with Crippen molar-refractivity contribution in [3.8, 4) is 0 Å². The second-order valence-corrected chi connectivity index (χ2v) is 5.73. The maximum absolute atomic E-state index is 10.2. The molecule has 1 aromatic rings. The minimum Gasteiger partial charge on any atom is -0.384 e. The monoisotopic (exact) mass is 205 g/mol. The molecule has 0 aliphatic heterocycles. The highest BCUT2D eigenvalue weighted by molar-refractivity contribution is 5.33. The van der Waals surface area contributed by atoms with E-state index >= 15 is 0 Å². The summed E-state index contributed by atoms with van der Waals surface area (Å²) in [4.78, 5) is 4.63. The van der Waals surface area contributed by atoms with Crippen molar-refractivity contribution < 1.29 is 5.11 Å². The highest BCUT2D eigenvalue weighted by Gasteiger charge is 2.34. The second-order valence-electron chi connectivity index (χ2n) is 5.73. The lowest BCUT2D eigenvalue weighted by molar-refractivity contribution is 0.0550. The molecule has 0 fully saturated rings. The van der Waals surface area contributed by atoms with E-state index in [2.05, 4.69) is 37.9 Å². The molecule has 0 spiro atoms. The minimum absolute atomic E-state index is 0.0493. The molecule has 2 rings (SSSR count). The van der Waals surface area contributed by atoms with Crippen molar-refractivity contribution in [2.75, 3.05) is 0 Å². The van der Waals surface area contributed by atoms with Crippen molar-refractivity contribution in [2.45, 2.75) is 51.6 Å². The first-order valence-electron chi connectivity index (χ1n) is 5.54. The number of hydrogen-bond donors (Lipinski definition) is 1. The fourth-order valence-corrected chi connectivity index (χ4v) is 2.07. The van der Waals surface area contributed by atoms with Crippen LogP contribution >= 0.6 is 0 Å². The van der Waals surface area contributed by atoms with Gasteiger partial charge in [-0.05, 0) is 31.4 Å². The largest absolute Gasteiger partial charge is 0.384 e. The van der Waals surface area contributed by atoms with Crippen LogP contribution in [0.3, 0.4) is 0 Å². The zero-order valence-electron chi connectivity index (χ0n) is 9.96. The maximum atomic E-state index is 10.2. The number of rotatable bonds is 0. The van der Waals surface area contributed by atoms with Crippen LogP contribution in [0.15, 0.2) is 12.1 Å². The Morgan fingerprint density at radius 3 is 2.60 bits per heavy atom. The van der Waals surface area contributed by atoms with Gasteiger partial charge in [-0.1, -0.05) is 26.8 Å². The predicted octanol–water partition coefficient (Wildman–Crippen LogP) is 2.53. The molecule has 0 saturated carbocycles. The first-order chi connectivity index (χ1) is 6.81. The lowest BCUT2D eigenvalue weighted by Crippen LogP contribution is -2.21. The maximum Gasteiger partial charge on any atom is 0.104 e. The van der Waals surface area contributed by atoms with Crippen molar-refractivity contribution in [3.63, 3.8) is 0 Å². The van der Waals surface area contributed by atoms with Crippen molar-refractivity contribution in [1.29, 1.82) is 0 Å². The summed E-state index contributed by atoms with van der Waals surface area (Å²) < 4.78 is 0. The van der Waals surface area contributed by atoms with Gasteiger partial charge in [0.15, 0.2) is 0 Å². The summed E-state index contributed by atoms with van der Waals surface area (Å²) in [5.74, 6) is 0. The van der Waals surface area contributed by atoms with E-state index < -0.39 is 5.60 Å². The summed E-state index contributed by atoms with van der Waals surface area (Å²) in [6.45, 7) is 8.29. The molecule has 0 saturated heterocycles. The molecule has 2 heteroatoms. The third-order valence-corrected chi connectivity index (χ3v) is 3.14. The Morgan fingerprint density at radius 1 is 1.33 bits per heavy atom. The summed E-state index contributed by atoms with van der Waals surface area (Å²) in [6, 6.07) is 4.20.